The summed E-state index contributed by atoms with van der Waals surface area (Å²) in [6, 6.07) is 7.55. The van der Waals surface area contributed by atoms with Crippen LogP contribution in [0.5, 0.6) is 11.5 Å². The number of ether oxygens (including phenoxy) is 2. The van der Waals surface area contributed by atoms with Gasteiger partial charge >= 0.3 is 0 Å². The van der Waals surface area contributed by atoms with Crippen LogP contribution in [0, 0.1) is 0 Å². The minimum atomic E-state index is 0.187. The molecule has 0 bridgehead atoms. The van der Waals surface area contributed by atoms with Crippen LogP contribution in [0.1, 0.15) is 19.3 Å². The average Bonchev–Trinajstić information content (AvgIpc) is 2.55. The van der Waals surface area contributed by atoms with Crippen molar-refractivity contribution in [1.82, 2.24) is 10.2 Å². The smallest absolute Gasteiger partial charge is 0.236 e. The summed E-state index contributed by atoms with van der Waals surface area (Å²) in [6.45, 7) is 3.33. The Morgan fingerprint density at radius 1 is 1.19 bits per heavy atom. The molecule has 1 amide bonds. The fraction of sp³-hybridized carbons (Fsp3) is 0.562. The molecule has 1 heterocycles. The van der Waals surface area contributed by atoms with Crippen LogP contribution in [0.15, 0.2) is 24.3 Å². The van der Waals surface area contributed by atoms with E-state index in [0.717, 1.165) is 37.4 Å². The molecular formula is C16H24N2O3. The number of nitrogens with one attached hydrogen (secondary N) is 1. The lowest BCUT2D eigenvalue weighted by Gasteiger charge is -2.26. The van der Waals surface area contributed by atoms with Gasteiger partial charge in [-0.05, 0) is 31.4 Å². The van der Waals surface area contributed by atoms with Crippen molar-refractivity contribution in [1.29, 1.82) is 0 Å². The van der Waals surface area contributed by atoms with E-state index < -0.39 is 0 Å². The van der Waals surface area contributed by atoms with Gasteiger partial charge in [0.05, 0.1) is 13.7 Å². The molecular weight excluding hydrogens is 268 g/mol. The summed E-state index contributed by atoms with van der Waals surface area (Å²) in [7, 11) is 1.62. The lowest BCUT2D eigenvalue weighted by atomic mass is 10.1. The zero-order valence-electron chi connectivity index (χ0n) is 12.6. The van der Waals surface area contributed by atoms with Crippen molar-refractivity contribution in [2.75, 3.05) is 39.9 Å². The Morgan fingerprint density at radius 2 is 1.90 bits per heavy atom. The quantitative estimate of drug-likeness (QED) is 0.777. The van der Waals surface area contributed by atoms with Gasteiger partial charge in [-0.3, -0.25) is 4.79 Å². The zero-order valence-corrected chi connectivity index (χ0v) is 12.6. The van der Waals surface area contributed by atoms with Crippen molar-refractivity contribution in [3.63, 3.8) is 0 Å². The van der Waals surface area contributed by atoms with E-state index >= 15 is 0 Å². The molecule has 21 heavy (non-hydrogen) atoms. The van der Waals surface area contributed by atoms with E-state index in [4.69, 9.17) is 9.47 Å². The largest absolute Gasteiger partial charge is 0.493 e. The number of amides is 1. The number of hydrogen-bond donors (Lipinski definition) is 1. The van der Waals surface area contributed by atoms with Gasteiger partial charge in [-0.2, -0.15) is 0 Å². The van der Waals surface area contributed by atoms with Crippen molar-refractivity contribution in [2.24, 2.45) is 0 Å². The van der Waals surface area contributed by atoms with Gasteiger partial charge in [-0.15, -0.1) is 0 Å². The number of benzene rings is 1. The van der Waals surface area contributed by atoms with E-state index in [2.05, 4.69) is 5.32 Å². The molecule has 0 spiro atoms. The number of nitrogens with zero attached hydrogens (tertiary/aromatic N) is 1. The molecule has 0 aromatic heterocycles. The maximum absolute atomic E-state index is 11.9. The molecule has 2 rings (SSSR count). The number of piperidine rings is 1. The fourth-order valence-electron chi connectivity index (χ4n) is 2.42. The Hall–Kier alpha value is -1.75. The normalized spacial score (nSPS) is 14.8. The molecule has 0 saturated carbocycles. The number of carbonyl (C=O) groups excluding carboxylic acids is 1. The summed E-state index contributed by atoms with van der Waals surface area (Å²) in [4.78, 5) is 13.9. The lowest BCUT2D eigenvalue weighted by Crippen LogP contribution is -2.41. The van der Waals surface area contributed by atoms with Gasteiger partial charge < -0.3 is 19.7 Å². The second-order valence-corrected chi connectivity index (χ2v) is 5.12. The molecule has 5 nitrogen and oxygen atoms in total. The molecule has 1 aliphatic rings. The topological polar surface area (TPSA) is 50.8 Å². The van der Waals surface area contributed by atoms with Crippen LogP contribution in [-0.4, -0.2) is 50.7 Å². The van der Waals surface area contributed by atoms with E-state index in [1.54, 1.807) is 7.11 Å². The average molecular weight is 292 g/mol. The number of hydrogen-bond acceptors (Lipinski definition) is 4. The van der Waals surface area contributed by atoms with Crippen molar-refractivity contribution in [2.45, 2.75) is 19.3 Å². The molecule has 1 fully saturated rings. The highest BCUT2D eigenvalue weighted by Crippen LogP contribution is 2.25. The van der Waals surface area contributed by atoms with E-state index in [1.807, 2.05) is 29.2 Å². The van der Waals surface area contributed by atoms with E-state index in [9.17, 15) is 4.79 Å². The summed E-state index contributed by atoms with van der Waals surface area (Å²) in [5.74, 6) is 1.64. The molecule has 0 unspecified atom stereocenters. The molecule has 116 valence electrons. The molecule has 1 N–H and O–H groups in total. The van der Waals surface area contributed by atoms with Crippen LogP contribution in [0.2, 0.25) is 0 Å². The Bertz CT molecular complexity index is 445. The fourth-order valence-corrected chi connectivity index (χ4v) is 2.42. The monoisotopic (exact) mass is 292 g/mol. The van der Waals surface area contributed by atoms with Crippen LogP contribution < -0.4 is 14.8 Å². The predicted molar refractivity (Wildman–Crippen MR) is 81.8 cm³/mol. The van der Waals surface area contributed by atoms with Gasteiger partial charge in [0.2, 0.25) is 5.91 Å². The summed E-state index contributed by atoms with van der Waals surface area (Å²) < 4.78 is 10.9. The third-order valence-corrected chi connectivity index (χ3v) is 3.59. The third-order valence-electron chi connectivity index (χ3n) is 3.59. The maximum atomic E-state index is 11.9. The molecule has 0 atom stereocenters. The van der Waals surface area contributed by atoms with Gasteiger partial charge in [0.1, 0.15) is 6.61 Å². The highest BCUT2D eigenvalue weighted by Gasteiger charge is 2.15. The molecule has 1 aromatic carbocycles. The number of likely N-dealkylation sites (tertiary alicyclic amines) is 1. The van der Waals surface area contributed by atoms with Gasteiger partial charge in [-0.25, -0.2) is 0 Å². The molecule has 5 heteroatoms. The zero-order chi connectivity index (χ0) is 14.9. The Morgan fingerprint density at radius 3 is 2.62 bits per heavy atom. The SMILES string of the molecule is COc1ccccc1OCCNCC(=O)N1CCCCC1. The van der Waals surface area contributed by atoms with Gasteiger partial charge in [0, 0.05) is 19.6 Å². The summed E-state index contributed by atoms with van der Waals surface area (Å²) >= 11 is 0. The lowest BCUT2D eigenvalue weighted by molar-refractivity contribution is -0.131. The van der Waals surface area contributed by atoms with Gasteiger partial charge in [0.15, 0.2) is 11.5 Å². The number of carbonyl (C=O) groups is 1. The third kappa shape index (κ3) is 4.93. The molecule has 1 saturated heterocycles. The van der Waals surface area contributed by atoms with Crippen LogP contribution in [-0.2, 0) is 4.79 Å². The number of rotatable bonds is 7. The molecule has 1 aliphatic heterocycles. The highest BCUT2D eigenvalue weighted by molar-refractivity contribution is 5.78. The maximum Gasteiger partial charge on any atom is 0.236 e. The first-order valence-electron chi connectivity index (χ1n) is 7.55. The second kappa shape index (κ2) is 8.52. The van der Waals surface area contributed by atoms with Crippen molar-refractivity contribution >= 4 is 5.91 Å². The van der Waals surface area contributed by atoms with Gasteiger partial charge in [0.25, 0.3) is 0 Å². The highest BCUT2D eigenvalue weighted by atomic mass is 16.5. The van der Waals surface area contributed by atoms with E-state index in [-0.39, 0.29) is 5.91 Å². The Labute approximate surface area is 126 Å². The van der Waals surface area contributed by atoms with Crippen LogP contribution in [0.3, 0.4) is 0 Å². The van der Waals surface area contributed by atoms with Crippen LogP contribution in [0.4, 0.5) is 0 Å². The second-order valence-electron chi connectivity index (χ2n) is 5.12. The van der Waals surface area contributed by atoms with E-state index in [0.29, 0.717) is 19.7 Å². The predicted octanol–water partition coefficient (Wildman–Crippen LogP) is 1.68. The minimum Gasteiger partial charge on any atom is -0.493 e. The number of methoxy groups -OCH3 is 1. The molecule has 1 aromatic rings. The van der Waals surface area contributed by atoms with Gasteiger partial charge in [-0.1, -0.05) is 12.1 Å². The summed E-state index contributed by atoms with van der Waals surface area (Å²) in [5, 5.41) is 3.13. The summed E-state index contributed by atoms with van der Waals surface area (Å²) in [5.41, 5.74) is 0. The molecule has 0 aliphatic carbocycles. The Balaban J connectivity index is 1.62. The summed E-state index contributed by atoms with van der Waals surface area (Å²) in [6.07, 6.45) is 3.50. The minimum absolute atomic E-state index is 0.187. The van der Waals surface area contributed by atoms with Crippen molar-refractivity contribution in [3.8, 4) is 11.5 Å². The van der Waals surface area contributed by atoms with Crippen molar-refractivity contribution < 1.29 is 14.3 Å². The van der Waals surface area contributed by atoms with E-state index in [1.165, 1.54) is 6.42 Å². The van der Waals surface area contributed by atoms with Crippen molar-refractivity contribution in [3.05, 3.63) is 24.3 Å². The van der Waals surface area contributed by atoms with Crippen LogP contribution in [0.25, 0.3) is 0 Å². The first-order chi connectivity index (χ1) is 10.3. The first kappa shape index (κ1) is 15.6. The standard InChI is InChI=1S/C16H24N2O3/c1-20-14-7-3-4-8-15(14)21-12-9-17-13-16(19)18-10-5-2-6-11-18/h3-4,7-8,17H,2,5-6,9-13H2,1H3. The Kier molecular flexibility index (Phi) is 6.34. The first-order valence-corrected chi connectivity index (χ1v) is 7.55. The number of para-hydroxylation sites is 2. The van der Waals surface area contributed by atoms with Crippen LogP contribution >= 0.6 is 0 Å². The molecule has 0 radical (unpaired) electrons.